The molecule has 4 rings (SSSR count). The minimum atomic E-state index is -3.65. The van der Waals surface area contributed by atoms with E-state index in [-0.39, 0.29) is 15.7 Å². The van der Waals surface area contributed by atoms with Gasteiger partial charge in [0.05, 0.1) is 5.02 Å². The third-order valence-electron chi connectivity index (χ3n) is 5.19. The van der Waals surface area contributed by atoms with Crippen molar-refractivity contribution in [1.29, 1.82) is 0 Å². The summed E-state index contributed by atoms with van der Waals surface area (Å²) in [5.74, 6) is -1.21. The molecule has 1 aromatic heterocycles. The molecule has 1 fully saturated rings. The second-order valence-electron chi connectivity index (χ2n) is 6.86. The van der Waals surface area contributed by atoms with Crippen LogP contribution in [0.3, 0.4) is 0 Å². The van der Waals surface area contributed by atoms with Crippen molar-refractivity contribution in [3.05, 3.63) is 58.8 Å². The number of rotatable bonds is 4. The Hall–Kier alpha value is -2.55. The van der Waals surface area contributed by atoms with E-state index in [0.717, 1.165) is 16.6 Å². The average Bonchev–Trinajstić information content (AvgIpc) is 3.14. The van der Waals surface area contributed by atoms with Crippen LogP contribution < -0.4 is 4.90 Å². The normalized spacial score (nSPS) is 15.7. The van der Waals surface area contributed by atoms with Gasteiger partial charge in [0.15, 0.2) is 0 Å². The summed E-state index contributed by atoms with van der Waals surface area (Å²) in [6.07, 6.45) is 0. The number of benzene rings is 2. The number of fused-ring (bicyclic) bond motifs is 1. The van der Waals surface area contributed by atoms with Crippen LogP contribution in [-0.4, -0.2) is 50.0 Å². The molecular formula is C20H19ClN2O5S. The van der Waals surface area contributed by atoms with Gasteiger partial charge in [0.25, 0.3) is 0 Å². The van der Waals surface area contributed by atoms with Crippen LogP contribution in [0, 0.1) is 6.92 Å². The summed E-state index contributed by atoms with van der Waals surface area (Å²) in [4.78, 5) is 13.4. The maximum absolute atomic E-state index is 12.9. The molecule has 7 nitrogen and oxygen atoms in total. The van der Waals surface area contributed by atoms with Crippen LogP contribution in [0.1, 0.15) is 16.1 Å². The molecule has 1 N–H and O–H groups in total. The molecule has 0 amide bonds. The number of carboxylic acid groups (broad SMARTS) is 1. The lowest BCUT2D eigenvalue weighted by atomic mass is 10.1. The Bertz CT molecular complexity index is 1200. The number of carboxylic acids is 1. The highest BCUT2D eigenvalue weighted by Gasteiger charge is 2.30. The largest absolute Gasteiger partial charge is 0.475 e. The molecule has 0 atom stereocenters. The Labute approximate surface area is 173 Å². The molecule has 0 aliphatic carbocycles. The van der Waals surface area contributed by atoms with Crippen molar-refractivity contribution < 1.29 is 22.7 Å². The summed E-state index contributed by atoms with van der Waals surface area (Å²) in [6, 6.07) is 11.6. The van der Waals surface area contributed by atoms with Gasteiger partial charge in [0.2, 0.25) is 15.8 Å². The van der Waals surface area contributed by atoms with Crippen LogP contribution in [0.2, 0.25) is 5.02 Å². The third kappa shape index (κ3) is 3.48. The van der Waals surface area contributed by atoms with Gasteiger partial charge in [0.1, 0.15) is 10.5 Å². The molecule has 2 heterocycles. The topological polar surface area (TPSA) is 91.1 Å². The molecule has 2 aromatic carbocycles. The van der Waals surface area contributed by atoms with Crippen LogP contribution in [-0.2, 0) is 10.0 Å². The number of sulfonamides is 1. The number of anilines is 1. The number of furan rings is 1. The molecule has 152 valence electrons. The molecule has 1 aliphatic rings. The fraction of sp³-hybridized carbons (Fsp3) is 0.250. The van der Waals surface area contributed by atoms with E-state index >= 15 is 0 Å². The Balaban J connectivity index is 1.56. The fourth-order valence-electron chi connectivity index (χ4n) is 3.65. The number of halogens is 1. The molecule has 0 radical (unpaired) electrons. The summed E-state index contributed by atoms with van der Waals surface area (Å²) in [5.41, 5.74) is 2.36. The molecule has 1 saturated heterocycles. The molecule has 0 saturated carbocycles. The van der Waals surface area contributed by atoms with E-state index in [0.29, 0.717) is 31.8 Å². The number of aryl methyl sites for hydroxylation is 1. The van der Waals surface area contributed by atoms with Crippen molar-refractivity contribution >= 4 is 44.3 Å². The number of piperazine rings is 1. The van der Waals surface area contributed by atoms with Crippen LogP contribution in [0.15, 0.2) is 51.8 Å². The van der Waals surface area contributed by atoms with Crippen molar-refractivity contribution in [3.8, 4) is 0 Å². The molecule has 0 unspecified atom stereocenters. The van der Waals surface area contributed by atoms with Gasteiger partial charge in [-0.1, -0.05) is 23.7 Å². The van der Waals surface area contributed by atoms with Gasteiger partial charge in [-0.15, -0.1) is 0 Å². The Kier molecular flexibility index (Phi) is 5.02. The van der Waals surface area contributed by atoms with Crippen molar-refractivity contribution in [1.82, 2.24) is 4.31 Å². The fourth-order valence-corrected chi connectivity index (χ4v) is 5.57. The zero-order chi connectivity index (χ0) is 20.8. The second kappa shape index (κ2) is 7.37. The maximum atomic E-state index is 12.9. The van der Waals surface area contributed by atoms with E-state index in [9.17, 15) is 13.2 Å². The lowest BCUT2D eigenvalue weighted by Gasteiger charge is -2.36. The number of carbonyl (C=O) groups is 1. The van der Waals surface area contributed by atoms with Gasteiger partial charge in [-0.05, 0) is 42.8 Å². The predicted molar refractivity (Wildman–Crippen MR) is 110 cm³/mol. The Morgan fingerprint density at radius 3 is 2.45 bits per heavy atom. The van der Waals surface area contributed by atoms with E-state index in [2.05, 4.69) is 4.90 Å². The van der Waals surface area contributed by atoms with Crippen LogP contribution in [0.5, 0.6) is 0 Å². The summed E-state index contributed by atoms with van der Waals surface area (Å²) in [6.45, 7) is 3.60. The third-order valence-corrected chi connectivity index (χ3v) is 7.58. The highest BCUT2D eigenvalue weighted by atomic mass is 35.5. The number of aromatic carboxylic acids is 1. The first-order chi connectivity index (χ1) is 13.8. The molecule has 29 heavy (non-hydrogen) atoms. The van der Waals surface area contributed by atoms with Gasteiger partial charge < -0.3 is 14.4 Å². The Morgan fingerprint density at radius 2 is 1.79 bits per heavy atom. The summed E-state index contributed by atoms with van der Waals surface area (Å²) >= 11 is 6.09. The molecular weight excluding hydrogens is 416 g/mol. The van der Waals surface area contributed by atoms with Crippen molar-refractivity contribution in [3.63, 3.8) is 0 Å². The SMILES string of the molecule is Cc1c(N2CCN(S(=O)(=O)c3ccccc3Cl)CC2)ccc2oc(C(=O)O)cc12. The van der Waals surface area contributed by atoms with Crippen LogP contribution in [0.4, 0.5) is 5.69 Å². The first kappa shape index (κ1) is 19.8. The van der Waals surface area contributed by atoms with Crippen molar-refractivity contribution in [2.75, 3.05) is 31.1 Å². The van der Waals surface area contributed by atoms with Crippen molar-refractivity contribution in [2.45, 2.75) is 11.8 Å². The van der Waals surface area contributed by atoms with Crippen LogP contribution >= 0.6 is 11.6 Å². The van der Waals surface area contributed by atoms with E-state index in [4.69, 9.17) is 21.1 Å². The van der Waals surface area contributed by atoms with Crippen molar-refractivity contribution in [2.24, 2.45) is 0 Å². The van der Waals surface area contributed by atoms with Gasteiger partial charge >= 0.3 is 5.97 Å². The first-order valence-electron chi connectivity index (χ1n) is 9.05. The standard InChI is InChI=1S/C20H19ClN2O5S/c1-13-14-12-18(20(24)25)28-17(14)7-6-16(13)22-8-10-23(11-9-22)29(26,27)19-5-3-2-4-15(19)21/h2-7,12H,8-11H2,1H3,(H,24,25). The smallest absolute Gasteiger partial charge is 0.371 e. The molecule has 9 heteroatoms. The average molecular weight is 435 g/mol. The molecule has 0 bridgehead atoms. The summed E-state index contributed by atoms with van der Waals surface area (Å²) in [5, 5.41) is 10.1. The highest BCUT2D eigenvalue weighted by molar-refractivity contribution is 7.89. The summed E-state index contributed by atoms with van der Waals surface area (Å²) < 4.78 is 32.6. The van der Waals surface area contributed by atoms with Gasteiger partial charge in [0, 0.05) is 37.3 Å². The zero-order valence-electron chi connectivity index (χ0n) is 15.6. The van der Waals surface area contributed by atoms with E-state index in [1.807, 2.05) is 13.0 Å². The maximum Gasteiger partial charge on any atom is 0.371 e. The quantitative estimate of drug-likeness (QED) is 0.674. The first-order valence-corrected chi connectivity index (χ1v) is 10.9. The highest BCUT2D eigenvalue weighted by Crippen LogP contribution is 2.32. The number of hydrogen-bond donors (Lipinski definition) is 1. The minimum Gasteiger partial charge on any atom is -0.475 e. The van der Waals surface area contributed by atoms with E-state index < -0.39 is 16.0 Å². The van der Waals surface area contributed by atoms with Crippen LogP contribution in [0.25, 0.3) is 11.0 Å². The molecule has 0 spiro atoms. The summed E-state index contributed by atoms with van der Waals surface area (Å²) in [7, 11) is -3.65. The van der Waals surface area contributed by atoms with E-state index in [1.54, 1.807) is 24.3 Å². The monoisotopic (exact) mass is 434 g/mol. The number of nitrogens with zero attached hydrogens (tertiary/aromatic N) is 2. The lowest BCUT2D eigenvalue weighted by Crippen LogP contribution is -2.48. The zero-order valence-corrected chi connectivity index (χ0v) is 17.2. The van der Waals surface area contributed by atoms with E-state index in [1.165, 1.54) is 16.4 Å². The second-order valence-corrected chi connectivity index (χ2v) is 9.17. The molecule has 3 aromatic rings. The van der Waals surface area contributed by atoms with Gasteiger partial charge in [-0.2, -0.15) is 4.31 Å². The lowest BCUT2D eigenvalue weighted by molar-refractivity contribution is 0.0665. The minimum absolute atomic E-state index is 0.101. The predicted octanol–water partition coefficient (Wildman–Crippen LogP) is 3.60. The number of hydrogen-bond acceptors (Lipinski definition) is 5. The van der Waals surface area contributed by atoms with Gasteiger partial charge in [-0.3, -0.25) is 0 Å². The Morgan fingerprint density at radius 1 is 1.10 bits per heavy atom. The molecule has 1 aliphatic heterocycles. The van der Waals surface area contributed by atoms with Gasteiger partial charge in [-0.25, -0.2) is 13.2 Å².